The molecule has 5 heteroatoms. The van der Waals surface area contributed by atoms with Crippen molar-refractivity contribution in [1.82, 2.24) is 5.43 Å². The number of hydrazone groups is 1. The van der Waals surface area contributed by atoms with Crippen LogP contribution in [0.3, 0.4) is 0 Å². The van der Waals surface area contributed by atoms with Crippen LogP contribution < -0.4 is 15.9 Å². The fraction of sp³-hybridized carbons (Fsp3) is 0.375. The van der Waals surface area contributed by atoms with Crippen LogP contribution in [0.2, 0.25) is 0 Å². The van der Waals surface area contributed by atoms with E-state index in [-0.39, 0.29) is 24.0 Å². The van der Waals surface area contributed by atoms with E-state index in [0.717, 1.165) is 16.9 Å². The highest BCUT2D eigenvalue weighted by molar-refractivity contribution is 5.90. The Morgan fingerprint density at radius 2 is 2.14 bits per heavy atom. The van der Waals surface area contributed by atoms with Crippen molar-refractivity contribution in [1.29, 1.82) is 0 Å². The highest BCUT2D eigenvalue weighted by atomic mass is 16.5. The van der Waals surface area contributed by atoms with Crippen LogP contribution in [0.15, 0.2) is 34.9 Å². The number of carbonyl (C=O) groups is 1. The van der Waals surface area contributed by atoms with Crippen molar-refractivity contribution >= 4 is 18.2 Å². The number of nitrogens with zero attached hydrogens (tertiary/aromatic N) is 1. The van der Waals surface area contributed by atoms with Crippen molar-refractivity contribution in [3.8, 4) is 5.75 Å². The minimum atomic E-state index is -0.308. The van der Waals surface area contributed by atoms with Crippen molar-refractivity contribution in [2.75, 3.05) is 0 Å². The number of fused-ring (bicyclic) bond motifs is 1. The van der Waals surface area contributed by atoms with E-state index in [1.54, 1.807) is 6.21 Å². The monoisotopic (exact) mass is 288 g/mol. The quantitative estimate of drug-likeness (QED) is 0.645. The number of quaternary nitrogens is 1. The molecule has 0 unspecified atom stereocenters. The molecule has 2 rings (SSSR count). The van der Waals surface area contributed by atoms with Crippen LogP contribution in [0.4, 0.5) is 0 Å². The lowest BCUT2D eigenvalue weighted by Crippen LogP contribution is -2.69. The number of hydrogen-bond acceptors (Lipinski definition) is 3. The lowest BCUT2D eigenvalue weighted by molar-refractivity contribution is -0.414. The fourth-order valence-electron chi connectivity index (χ4n) is 1.96. The molecule has 0 spiro atoms. The molecule has 21 heavy (non-hydrogen) atoms. The number of benzene rings is 1. The molecule has 0 aromatic heterocycles. The molecule has 2 atom stereocenters. The molecule has 0 saturated carbocycles. The minimum absolute atomic E-state index is 0.0961. The van der Waals surface area contributed by atoms with Crippen molar-refractivity contribution < 1.29 is 15.3 Å². The Kier molecular flexibility index (Phi) is 4.75. The summed E-state index contributed by atoms with van der Waals surface area (Å²) in [5, 5.41) is 4.01. The summed E-state index contributed by atoms with van der Waals surface area (Å²) in [7, 11) is 0. The van der Waals surface area contributed by atoms with Gasteiger partial charge in [0.15, 0.2) is 6.04 Å². The molecule has 0 bridgehead atoms. The summed E-state index contributed by atoms with van der Waals surface area (Å²) < 4.78 is 5.80. The number of carbonyl (C=O) groups excluding carboxylic acids is 1. The molecule has 5 nitrogen and oxygen atoms in total. The number of ether oxygens (including phenoxy) is 1. The molecule has 4 N–H and O–H groups in total. The van der Waals surface area contributed by atoms with Crippen LogP contribution in [0, 0.1) is 5.92 Å². The molecular formula is C16H22N3O2+. The molecule has 0 saturated heterocycles. The number of para-hydroxylation sites is 1. The van der Waals surface area contributed by atoms with E-state index in [9.17, 15) is 4.79 Å². The van der Waals surface area contributed by atoms with E-state index in [4.69, 9.17) is 4.74 Å². The third-order valence-corrected chi connectivity index (χ3v) is 3.54. The minimum Gasteiger partial charge on any atom is -0.485 e. The second-order valence-electron chi connectivity index (χ2n) is 5.53. The summed E-state index contributed by atoms with van der Waals surface area (Å²) in [5.41, 5.74) is 8.28. The van der Waals surface area contributed by atoms with Crippen LogP contribution >= 0.6 is 0 Å². The Labute approximate surface area is 124 Å². The smallest absolute Gasteiger partial charge is 0.298 e. The van der Waals surface area contributed by atoms with Crippen molar-refractivity contribution in [3.05, 3.63) is 35.4 Å². The Morgan fingerprint density at radius 1 is 1.43 bits per heavy atom. The SMILES string of the molecule is CC(C)[C@@H]([NH3+])C(=O)N/N=C\C1=Cc2ccccc2O[C@H]1C. The first-order valence-corrected chi connectivity index (χ1v) is 7.12. The zero-order valence-electron chi connectivity index (χ0n) is 12.7. The Bertz CT molecular complexity index is 579. The molecule has 1 aliphatic heterocycles. The van der Waals surface area contributed by atoms with Gasteiger partial charge in [0.1, 0.15) is 11.9 Å². The first kappa shape index (κ1) is 15.3. The predicted molar refractivity (Wildman–Crippen MR) is 82.7 cm³/mol. The van der Waals surface area contributed by atoms with Gasteiger partial charge >= 0.3 is 0 Å². The predicted octanol–water partition coefficient (Wildman–Crippen LogP) is 1.22. The molecule has 1 amide bonds. The number of hydrogen-bond donors (Lipinski definition) is 2. The van der Waals surface area contributed by atoms with Gasteiger partial charge in [-0.15, -0.1) is 0 Å². The maximum absolute atomic E-state index is 11.8. The number of amides is 1. The molecular weight excluding hydrogens is 266 g/mol. The van der Waals surface area contributed by atoms with Gasteiger partial charge < -0.3 is 10.5 Å². The second kappa shape index (κ2) is 6.54. The zero-order valence-corrected chi connectivity index (χ0v) is 12.7. The van der Waals surface area contributed by atoms with Crippen LogP contribution in [0.25, 0.3) is 6.08 Å². The fourth-order valence-corrected chi connectivity index (χ4v) is 1.96. The summed E-state index contributed by atoms with van der Waals surface area (Å²) in [5.74, 6) is 0.874. The van der Waals surface area contributed by atoms with E-state index in [2.05, 4.69) is 16.3 Å². The highest BCUT2D eigenvalue weighted by Gasteiger charge is 2.21. The maximum Gasteiger partial charge on any atom is 0.298 e. The number of nitrogens with one attached hydrogen (secondary N) is 1. The van der Waals surface area contributed by atoms with E-state index >= 15 is 0 Å². The molecule has 1 aliphatic rings. The van der Waals surface area contributed by atoms with Crippen molar-refractivity contribution in [3.63, 3.8) is 0 Å². The van der Waals surface area contributed by atoms with E-state index < -0.39 is 0 Å². The first-order valence-electron chi connectivity index (χ1n) is 7.12. The van der Waals surface area contributed by atoms with E-state index in [0.29, 0.717) is 0 Å². The van der Waals surface area contributed by atoms with Gasteiger partial charge in [-0.2, -0.15) is 5.10 Å². The summed E-state index contributed by atoms with van der Waals surface area (Å²) in [6.45, 7) is 5.86. The lowest BCUT2D eigenvalue weighted by Gasteiger charge is -2.22. The molecule has 0 aliphatic carbocycles. The summed E-state index contributed by atoms with van der Waals surface area (Å²) in [4.78, 5) is 11.8. The molecule has 0 radical (unpaired) electrons. The zero-order chi connectivity index (χ0) is 15.4. The highest BCUT2D eigenvalue weighted by Crippen LogP contribution is 2.28. The van der Waals surface area contributed by atoms with Crippen molar-refractivity contribution in [2.45, 2.75) is 32.9 Å². The van der Waals surface area contributed by atoms with Crippen LogP contribution in [0.1, 0.15) is 26.3 Å². The third-order valence-electron chi connectivity index (χ3n) is 3.54. The van der Waals surface area contributed by atoms with Gasteiger partial charge in [-0.25, -0.2) is 5.43 Å². The maximum atomic E-state index is 11.8. The first-order chi connectivity index (χ1) is 9.99. The van der Waals surface area contributed by atoms with E-state index in [1.807, 2.05) is 51.1 Å². The Hall–Kier alpha value is -2.14. The normalized spacial score (nSPS) is 18.9. The van der Waals surface area contributed by atoms with Crippen LogP contribution in [-0.4, -0.2) is 24.3 Å². The summed E-state index contributed by atoms with van der Waals surface area (Å²) >= 11 is 0. The third kappa shape index (κ3) is 3.70. The van der Waals surface area contributed by atoms with Gasteiger partial charge in [0.25, 0.3) is 5.91 Å². The standard InChI is InChI=1S/C16H21N3O2/c1-10(2)15(17)16(20)19-18-9-13-8-12-6-4-5-7-14(12)21-11(13)3/h4-11,15H,17H2,1-3H3,(H,19,20)/p+1/b18-9-/t11-,15+/m0/s1. The molecule has 1 aromatic carbocycles. The van der Waals surface area contributed by atoms with Gasteiger partial charge in [0, 0.05) is 17.1 Å². The average molecular weight is 288 g/mol. The molecule has 112 valence electrons. The summed E-state index contributed by atoms with van der Waals surface area (Å²) in [6, 6.07) is 7.52. The summed E-state index contributed by atoms with van der Waals surface area (Å²) in [6.07, 6.45) is 3.55. The van der Waals surface area contributed by atoms with Gasteiger partial charge in [-0.3, -0.25) is 4.79 Å². The lowest BCUT2D eigenvalue weighted by atomic mass is 10.0. The topological polar surface area (TPSA) is 78.3 Å². The molecule has 1 heterocycles. The van der Waals surface area contributed by atoms with Crippen molar-refractivity contribution in [2.24, 2.45) is 11.0 Å². The average Bonchev–Trinajstić information content (AvgIpc) is 2.46. The van der Waals surface area contributed by atoms with Gasteiger partial charge in [-0.1, -0.05) is 32.0 Å². The van der Waals surface area contributed by atoms with Gasteiger partial charge in [0.2, 0.25) is 0 Å². The number of rotatable bonds is 4. The second-order valence-corrected chi connectivity index (χ2v) is 5.53. The Balaban J connectivity index is 2.04. The Morgan fingerprint density at radius 3 is 2.86 bits per heavy atom. The van der Waals surface area contributed by atoms with Crippen LogP contribution in [-0.2, 0) is 4.79 Å². The largest absolute Gasteiger partial charge is 0.485 e. The molecule has 1 aromatic rings. The van der Waals surface area contributed by atoms with Gasteiger partial charge in [0.05, 0.1) is 6.21 Å². The van der Waals surface area contributed by atoms with Gasteiger partial charge in [-0.05, 0) is 19.1 Å². The van der Waals surface area contributed by atoms with E-state index in [1.165, 1.54) is 0 Å². The van der Waals surface area contributed by atoms with Crippen LogP contribution in [0.5, 0.6) is 5.75 Å². The molecule has 0 fully saturated rings.